The number of hydrogen-bond donors (Lipinski definition) is 1. The van der Waals surface area contributed by atoms with Crippen molar-refractivity contribution >= 4 is 11.1 Å². The van der Waals surface area contributed by atoms with Gasteiger partial charge >= 0.3 is 0 Å². The monoisotopic (exact) mass is 186 g/mol. The lowest BCUT2D eigenvalue weighted by molar-refractivity contribution is 0.350. The van der Waals surface area contributed by atoms with Crippen molar-refractivity contribution in [3.05, 3.63) is 47.0 Å². The van der Waals surface area contributed by atoms with E-state index in [1.807, 2.05) is 6.92 Å². The van der Waals surface area contributed by atoms with Crippen LogP contribution in [0, 0.1) is 6.92 Å². The smallest absolute Gasteiger partial charge is 0.0688 e. The zero-order valence-corrected chi connectivity index (χ0v) is 8.54. The van der Waals surface area contributed by atoms with Crippen LogP contribution in [0.5, 0.6) is 0 Å². The number of benzene rings is 1. The molecule has 1 nitrogen and oxygen atoms in total. The fourth-order valence-electron chi connectivity index (χ4n) is 1.89. The topological polar surface area (TPSA) is 20.2 Å². The summed E-state index contributed by atoms with van der Waals surface area (Å²) in [6.07, 6.45) is 4.14. The van der Waals surface area contributed by atoms with Crippen LogP contribution >= 0.6 is 0 Å². The van der Waals surface area contributed by atoms with Crippen LogP contribution in [0.15, 0.2) is 30.4 Å². The number of aryl methyl sites for hydroxylation is 1. The SMILES string of the molecule is C/C=C1\C=C(CO)c2ccc(C)cc21. The summed E-state index contributed by atoms with van der Waals surface area (Å²) in [7, 11) is 0. The molecule has 0 saturated heterocycles. The third-order valence-corrected chi connectivity index (χ3v) is 2.64. The number of aliphatic hydroxyl groups excluding tert-OH is 1. The predicted octanol–water partition coefficient (Wildman–Crippen LogP) is 2.79. The van der Waals surface area contributed by atoms with Gasteiger partial charge in [0.2, 0.25) is 0 Å². The average molecular weight is 186 g/mol. The largest absolute Gasteiger partial charge is 0.392 e. The van der Waals surface area contributed by atoms with Gasteiger partial charge in [-0.2, -0.15) is 0 Å². The molecule has 0 heterocycles. The van der Waals surface area contributed by atoms with Crippen LogP contribution in [0.3, 0.4) is 0 Å². The molecule has 0 saturated carbocycles. The zero-order chi connectivity index (χ0) is 10.1. The van der Waals surface area contributed by atoms with E-state index in [1.54, 1.807) is 0 Å². The quantitative estimate of drug-likeness (QED) is 0.715. The molecule has 2 rings (SSSR count). The van der Waals surface area contributed by atoms with Gasteiger partial charge in [0.1, 0.15) is 0 Å². The second-order valence-corrected chi connectivity index (χ2v) is 3.62. The van der Waals surface area contributed by atoms with Gasteiger partial charge in [-0.05, 0) is 42.2 Å². The van der Waals surface area contributed by atoms with E-state index < -0.39 is 0 Å². The van der Waals surface area contributed by atoms with Crippen molar-refractivity contribution in [1.29, 1.82) is 0 Å². The molecule has 0 aliphatic heterocycles. The summed E-state index contributed by atoms with van der Waals surface area (Å²) in [6.45, 7) is 4.23. The maximum absolute atomic E-state index is 9.20. The average Bonchev–Trinajstić information content (AvgIpc) is 2.55. The van der Waals surface area contributed by atoms with Gasteiger partial charge in [0.05, 0.1) is 6.61 Å². The number of fused-ring (bicyclic) bond motifs is 1. The fraction of sp³-hybridized carbons (Fsp3) is 0.231. The Morgan fingerprint density at radius 1 is 1.29 bits per heavy atom. The molecule has 14 heavy (non-hydrogen) atoms. The van der Waals surface area contributed by atoms with Crippen LogP contribution in [-0.2, 0) is 0 Å². The molecule has 0 aromatic heterocycles. The molecule has 1 aliphatic rings. The Morgan fingerprint density at radius 2 is 2.07 bits per heavy atom. The van der Waals surface area contributed by atoms with Gasteiger partial charge in [-0.25, -0.2) is 0 Å². The van der Waals surface area contributed by atoms with Crippen LogP contribution in [0.25, 0.3) is 11.1 Å². The Balaban J connectivity index is 2.62. The Bertz CT molecular complexity index is 425. The predicted molar refractivity (Wildman–Crippen MR) is 59.9 cm³/mol. The third kappa shape index (κ3) is 1.30. The molecule has 0 amide bonds. The van der Waals surface area contributed by atoms with Crippen LogP contribution in [0.4, 0.5) is 0 Å². The lowest BCUT2D eigenvalue weighted by atomic mass is 10.0. The minimum atomic E-state index is 0.118. The number of aliphatic hydroxyl groups is 1. The first kappa shape index (κ1) is 9.22. The van der Waals surface area contributed by atoms with Crippen molar-refractivity contribution in [2.45, 2.75) is 13.8 Å². The molecule has 1 N–H and O–H groups in total. The van der Waals surface area contributed by atoms with Crippen molar-refractivity contribution in [2.24, 2.45) is 0 Å². The molecular weight excluding hydrogens is 172 g/mol. The molecule has 1 aromatic carbocycles. The molecule has 1 aromatic rings. The van der Waals surface area contributed by atoms with E-state index in [-0.39, 0.29) is 6.61 Å². The van der Waals surface area contributed by atoms with Gasteiger partial charge in [0.15, 0.2) is 0 Å². The van der Waals surface area contributed by atoms with Gasteiger partial charge in [-0.3, -0.25) is 0 Å². The van der Waals surface area contributed by atoms with E-state index in [0.29, 0.717) is 0 Å². The molecule has 72 valence electrons. The van der Waals surface area contributed by atoms with Crippen molar-refractivity contribution in [3.63, 3.8) is 0 Å². The molecule has 0 fully saturated rings. The summed E-state index contributed by atoms with van der Waals surface area (Å²) in [5, 5.41) is 9.20. The highest BCUT2D eigenvalue weighted by Crippen LogP contribution is 2.35. The Labute approximate surface area is 84.4 Å². The van der Waals surface area contributed by atoms with E-state index in [9.17, 15) is 5.11 Å². The van der Waals surface area contributed by atoms with Crippen LogP contribution in [0.2, 0.25) is 0 Å². The first-order valence-corrected chi connectivity index (χ1v) is 4.85. The van der Waals surface area contributed by atoms with Crippen molar-refractivity contribution < 1.29 is 5.11 Å². The third-order valence-electron chi connectivity index (χ3n) is 2.64. The van der Waals surface area contributed by atoms with Crippen LogP contribution in [-0.4, -0.2) is 11.7 Å². The lowest BCUT2D eigenvalue weighted by Crippen LogP contribution is -1.89. The second kappa shape index (κ2) is 3.43. The van der Waals surface area contributed by atoms with E-state index in [4.69, 9.17) is 0 Å². The van der Waals surface area contributed by atoms with Gasteiger partial charge in [0.25, 0.3) is 0 Å². The maximum Gasteiger partial charge on any atom is 0.0688 e. The number of allylic oxidation sites excluding steroid dienone is 3. The van der Waals surface area contributed by atoms with Gasteiger partial charge < -0.3 is 5.11 Å². The summed E-state index contributed by atoms with van der Waals surface area (Å²) < 4.78 is 0. The molecule has 1 heteroatoms. The van der Waals surface area contributed by atoms with Crippen LogP contribution < -0.4 is 0 Å². The fourth-order valence-corrected chi connectivity index (χ4v) is 1.89. The summed E-state index contributed by atoms with van der Waals surface area (Å²) in [4.78, 5) is 0. The van der Waals surface area contributed by atoms with Crippen molar-refractivity contribution in [1.82, 2.24) is 0 Å². The molecule has 0 atom stereocenters. The van der Waals surface area contributed by atoms with E-state index in [0.717, 1.165) is 5.57 Å². The molecule has 1 aliphatic carbocycles. The summed E-state index contributed by atoms with van der Waals surface area (Å²) in [5.74, 6) is 0. The normalized spacial score (nSPS) is 17.1. The van der Waals surface area contributed by atoms with Gasteiger partial charge in [-0.15, -0.1) is 0 Å². The summed E-state index contributed by atoms with van der Waals surface area (Å²) >= 11 is 0. The van der Waals surface area contributed by atoms with E-state index >= 15 is 0 Å². The Hall–Kier alpha value is -1.34. The van der Waals surface area contributed by atoms with Gasteiger partial charge in [-0.1, -0.05) is 29.8 Å². The zero-order valence-electron chi connectivity index (χ0n) is 8.54. The van der Waals surface area contributed by atoms with Crippen LogP contribution in [0.1, 0.15) is 23.6 Å². The Kier molecular flexibility index (Phi) is 2.26. The summed E-state index contributed by atoms with van der Waals surface area (Å²) in [5.41, 5.74) is 5.92. The van der Waals surface area contributed by atoms with Gasteiger partial charge in [0, 0.05) is 0 Å². The number of hydrogen-bond acceptors (Lipinski definition) is 1. The maximum atomic E-state index is 9.20. The standard InChI is InChI=1S/C13H14O/c1-3-10-7-11(8-14)12-5-4-9(2)6-13(10)12/h3-7,14H,8H2,1-2H3/b10-3+. The highest BCUT2D eigenvalue weighted by molar-refractivity contribution is 5.95. The highest BCUT2D eigenvalue weighted by Gasteiger charge is 2.16. The van der Waals surface area contributed by atoms with Crippen molar-refractivity contribution in [2.75, 3.05) is 6.61 Å². The van der Waals surface area contributed by atoms with E-state index in [2.05, 4.69) is 37.3 Å². The first-order chi connectivity index (χ1) is 6.76. The minimum absolute atomic E-state index is 0.118. The number of rotatable bonds is 1. The molecular formula is C13H14O. The minimum Gasteiger partial charge on any atom is -0.392 e. The lowest BCUT2D eigenvalue weighted by Gasteiger charge is -2.04. The molecule has 0 radical (unpaired) electrons. The van der Waals surface area contributed by atoms with E-state index in [1.165, 1.54) is 22.3 Å². The molecule has 0 unspecified atom stereocenters. The first-order valence-electron chi connectivity index (χ1n) is 4.85. The summed E-state index contributed by atoms with van der Waals surface area (Å²) in [6, 6.07) is 6.34. The molecule has 0 spiro atoms. The Morgan fingerprint density at radius 3 is 2.71 bits per heavy atom. The van der Waals surface area contributed by atoms with Crippen molar-refractivity contribution in [3.8, 4) is 0 Å². The molecule has 0 bridgehead atoms. The highest BCUT2D eigenvalue weighted by atomic mass is 16.3. The second-order valence-electron chi connectivity index (χ2n) is 3.62.